The average molecular weight is 2170 g/mol. The van der Waals surface area contributed by atoms with Crippen LogP contribution in [0.2, 0.25) is 0 Å². The van der Waals surface area contributed by atoms with Gasteiger partial charge in [-0.25, -0.2) is 0 Å². The minimum absolute atomic E-state index is 0.118. The quantitative estimate of drug-likeness (QED) is 0.144. The number of rotatable bonds is 0. The van der Waals surface area contributed by atoms with Crippen LogP contribution in [0.15, 0.2) is 148 Å². The molecule has 8 aromatic carbocycles. The Morgan fingerprint density at radius 2 is 0.307 bits per heavy atom. The molecule has 0 radical (unpaired) electrons. The molecular weight excluding hydrogens is 2030 g/mol. The van der Waals surface area contributed by atoms with Crippen LogP contribution in [0.25, 0.3) is 0 Å². The fourth-order valence-electron chi connectivity index (χ4n) is 24.6. The van der Waals surface area contributed by atoms with E-state index in [1.807, 2.05) is 188 Å². The van der Waals surface area contributed by atoms with Crippen molar-refractivity contribution in [2.75, 3.05) is 98.9 Å². The maximum absolute atomic E-state index is 7.10. The zero-order valence-corrected chi connectivity index (χ0v) is 97.6. The van der Waals surface area contributed by atoms with E-state index < -0.39 is 0 Å². The first kappa shape index (κ1) is 105. The summed E-state index contributed by atoms with van der Waals surface area (Å²) in [6.45, 7) is 41.8. The Bertz CT molecular complexity index is 5310. The summed E-state index contributed by atoms with van der Waals surface area (Å²) in [4.78, 5) is 0. The third kappa shape index (κ3) is 22.7. The summed E-state index contributed by atoms with van der Waals surface area (Å²) >= 11 is 31.4. The number of benzene rings is 8. The smallest absolute Gasteiger partial charge is 0.125 e. The van der Waals surface area contributed by atoms with Crippen LogP contribution in [-0.2, 0) is 21.7 Å². The molecule has 34 aliphatic heterocycles. The van der Waals surface area contributed by atoms with Crippen molar-refractivity contribution in [3.05, 3.63) is 281 Å². The fraction of sp³-hybridized carbons (Fsp3) is 0.483. The molecule has 28 bridgehead atoms. The summed E-state index contributed by atoms with van der Waals surface area (Å²) in [5.41, 5.74) is 31.3. The first-order valence-electron chi connectivity index (χ1n) is 50.7. The van der Waals surface area contributed by atoms with Gasteiger partial charge in [0.1, 0.15) is 46.0 Å². The van der Waals surface area contributed by atoms with Crippen molar-refractivity contribution >= 4 is 188 Å². The van der Waals surface area contributed by atoms with Crippen LogP contribution in [0.5, 0.6) is 46.0 Å². The van der Waals surface area contributed by atoms with Crippen LogP contribution in [0, 0.1) is 111 Å². The Hall–Kier alpha value is -3.80. The lowest BCUT2D eigenvalue weighted by atomic mass is 9.63. The first-order chi connectivity index (χ1) is 67.8. The van der Waals surface area contributed by atoms with Gasteiger partial charge in [0.25, 0.3) is 0 Å². The van der Waals surface area contributed by atoms with Gasteiger partial charge in [0, 0.05) is 67.7 Å². The van der Waals surface area contributed by atoms with Gasteiger partial charge in [-0.05, 0) is 344 Å². The highest BCUT2D eigenvalue weighted by Crippen LogP contribution is 2.69. The van der Waals surface area contributed by atoms with Crippen molar-refractivity contribution in [1.29, 1.82) is 0 Å². The van der Waals surface area contributed by atoms with Crippen LogP contribution in [-0.4, -0.2) is 98.9 Å². The van der Waals surface area contributed by atoms with E-state index in [-0.39, 0.29) is 21.7 Å². The Labute approximate surface area is 903 Å². The lowest BCUT2D eigenvalue weighted by molar-refractivity contribution is 0.330. The average Bonchev–Trinajstić information content (AvgIpc) is 0.834. The highest BCUT2D eigenvalue weighted by Gasteiger charge is 2.46. The Morgan fingerprint density at radius 1 is 0.164 bits per heavy atom. The number of hydrogen-bond donors (Lipinski definition) is 0. The minimum atomic E-state index is -0.118. The molecule has 4 fully saturated rings. The maximum atomic E-state index is 7.10. The second-order valence-corrected chi connectivity index (χ2v) is 60.0. The van der Waals surface area contributed by atoms with Crippen LogP contribution in [0.3, 0.4) is 0 Å². The molecule has 8 nitrogen and oxygen atoms in total. The molecule has 0 saturated heterocycles. The van der Waals surface area contributed by atoms with Crippen molar-refractivity contribution in [2.45, 2.75) is 261 Å². The van der Waals surface area contributed by atoms with Crippen molar-refractivity contribution in [3.63, 3.8) is 0 Å². The zero-order valence-electron chi connectivity index (χ0n) is 84.5. The van der Waals surface area contributed by atoms with Crippen molar-refractivity contribution < 1.29 is 37.9 Å². The number of hydrogen-bond acceptors (Lipinski definition) is 24. The third-order valence-corrected chi connectivity index (χ3v) is 52.8. The molecule has 140 heavy (non-hydrogen) atoms. The summed E-state index contributed by atoms with van der Waals surface area (Å²) < 4.78 is 72.5. The third-order valence-electron chi connectivity index (χ3n) is 29.9. The standard InChI is InChI=1S/C116H136O8S16/c1-69-61-89-62-70(2)93(69)113(29-21-17-22-30-113)85-53-77(9)97(78(10)54-85)121-41-49-129-105-106-130-50-42-122-98-79(11)55-87(56-80(98)12)115(33-25-19-26-34-115)95-73(5)65-91(66-74(95)6)119-39-47-127-103-104-128-48-40-120-92-67-75(7)96(76(8)68-92)116(35-27-20-28-36-116)88-59-83(15)100(84(16)60-88)124-44-52-132-108-107(139-112(140-108)111(137-105)138-106)131-51-43-123-99-81(13)57-86(58-82(99)14)114(31-23-18-24-32-114)94-71(3)63-90(64-72(94)4)118-38-46-126-102-101(125-45-37-117-89)133-109(134-102)110(135-103)136-104/h53-68H,17-52H2,1-16H3. The predicted octanol–water partition coefficient (Wildman–Crippen LogP) is 36.3. The second-order valence-electron chi connectivity index (χ2n) is 39.9. The van der Waals surface area contributed by atoms with E-state index in [1.165, 1.54) is 261 Å². The molecule has 38 aliphatic rings. The summed E-state index contributed by atoms with van der Waals surface area (Å²) in [5.74, 6) is 14.4. The highest BCUT2D eigenvalue weighted by atomic mass is 32.3. The maximum Gasteiger partial charge on any atom is 0.125 e. The Morgan fingerprint density at radius 3 is 0.457 bits per heavy atom. The van der Waals surface area contributed by atoms with Gasteiger partial charge in [0.15, 0.2) is 0 Å². The second kappa shape index (κ2) is 46.8. The van der Waals surface area contributed by atoms with E-state index in [0.29, 0.717) is 52.9 Å². The molecule has 0 atom stereocenters. The molecule has 0 amide bonds. The van der Waals surface area contributed by atoms with E-state index >= 15 is 0 Å². The Kier molecular flexibility index (Phi) is 35.0. The summed E-state index contributed by atoms with van der Waals surface area (Å²) in [6, 6.07) is 38.7. The fourth-order valence-corrected chi connectivity index (χ4v) is 47.7. The molecule has 34 heterocycles. The van der Waals surface area contributed by atoms with Crippen LogP contribution in [0.1, 0.15) is 262 Å². The van der Waals surface area contributed by atoms with Gasteiger partial charge in [-0.2, -0.15) is 0 Å². The summed E-state index contributed by atoms with van der Waals surface area (Å²) in [5, 5.41) is 0. The lowest BCUT2D eigenvalue weighted by Gasteiger charge is -2.41. The van der Waals surface area contributed by atoms with Crippen molar-refractivity contribution in [1.82, 2.24) is 0 Å². The van der Waals surface area contributed by atoms with E-state index in [1.54, 1.807) is 0 Å². The van der Waals surface area contributed by atoms with Gasteiger partial charge in [-0.1, -0.05) is 220 Å². The van der Waals surface area contributed by atoms with Gasteiger partial charge in [0.05, 0.1) is 104 Å². The van der Waals surface area contributed by atoms with Gasteiger partial charge in [0.2, 0.25) is 0 Å². The number of thioether (sulfide) groups is 16. The normalized spacial score (nSPS) is 21.0. The summed E-state index contributed by atoms with van der Waals surface area (Å²) in [7, 11) is 0. The number of ether oxygens (including phenoxy) is 8. The molecule has 0 aromatic heterocycles. The Balaban J connectivity index is 0.723. The molecule has 4 spiro atoms. The molecule has 24 heteroatoms. The summed E-state index contributed by atoms with van der Waals surface area (Å²) in [6.07, 6.45) is 23.6. The van der Waals surface area contributed by atoms with E-state index in [4.69, 9.17) is 37.9 Å². The van der Waals surface area contributed by atoms with E-state index in [2.05, 4.69) is 208 Å². The van der Waals surface area contributed by atoms with Gasteiger partial charge < -0.3 is 37.9 Å². The molecule has 4 aliphatic carbocycles. The monoisotopic (exact) mass is 2170 g/mol. The van der Waals surface area contributed by atoms with E-state index in [9.17, 15) is 0 Å². The minimum Gasteiger partial charge on any atom is -0.493 e. The van der Waals surface area contributed by atoms with Crippen molar-refractivity contribution in [3.8, 4) is 46.0 Å². The largest absolute Gasteiger partial charge is 0.493 e. The van der Waals surface area contributed by atoms with Crippen LogP contribution >= 0.6 is 188 Å². The van der Waals surface area contributed by atoms with Gasteiger partial charge >= 0.3 is 0 Å². The zero-order chi connectivity index (χ0) is 97.1. The molecule has 8 aromatic rings. The molecule has 4 saturated carbocycles. The molecule has 0 N–H and O–H groups in total. The topological polar surface area (TPSA) is 73.8 Å². The lowest BCUT2D eigenvalue weighted by Crippen LogP contribution is -2.32. The predicted molar refractivity (Wildman–Crippen MR) is 629 cm³/mol. The molecular formula is C116H136O8S16. The number of aryl methyl sites for hydroxylation is 16. The molecule has 744 valence electrons. The van der Waals surface area contributed by atoms with Gasteiger partial charge in [-0.3, -0.25) is 0 Å². The van der Waals surface area contributed by atoms with Crippen LogP contribution < -0.4 is 37.9 Å². The van der Waals surface area contributed by atoms with Crippen LogP contribution in [0.4, 0.5) is 0 Å². The van der Waals surface area contributed by atoms with E-state index in [0.717, 1.165) is 143 Å². The highest BCUT2D eigenvalue weighted by molar-refractivity contribution is 8.46. The molecule has 46 rings (SSSR count). The molecule has 0 unspecified atom stereocenters. The van der Waals surface area contributed by atoms with Crippen molar-refractivity contribution in [2.24, 2.45) is 0 Å². The SMILES string of the molecule is Cc1cc2cc(C)c1OCCSC1=C3SCCOc4c(C)cc(cc4C)C4(CCCCC4)c4c(C)cc(cc4C)OCCSC4=C5SCCOc6cc(C)c(c(C)c6)C6(CCCCC6)c6cc(C)c(c(C)c6)OCCSC6=C(SCCOc7c(C)cc(cc7C)C7(CCCCC7)c7c(C)cc(cc7C)OCCSC7=C(SCCOc8cc(C)c(c(C)c8)C28CCCCC8)SC(=C(S4)S5)S7)SC(=C(S1)S3)S6. The van der Waals surface area contributed by atoms with Gasteiger partial charge in [-0.15, -0.1) is 94.1 Å². The first-order valence-corrected chi connectivity index (χ1v) is 65.1.